The fourth-order valence-electron chi connectivity index (χ4n) is 13.9. The molecule has 14 atom stereocenters. The van der Waals surface area contributed by atoms with Gasteiger partial charge in [0.05, 0.1) is 37.1 Å². The number of hydrogen-bond donors (Lipinski definition) is 3. The number of hydrogen-bond acceptors (Lipinski definition) is 8. The summed E-state index contributed by atoms with van der Waals surface area (Å²) in [6, 6.07) is 0.502. The number of fused-ring (bicyclic) bond motifs is 2. The molecule has 2 aliphatic heterocycles. The average Bonchev–Trinajstić information content (AvgIpc) is 3.27. The summed E-state index contributed by atoms with van der Waals surface area (Å²) in [6.45, 7) is 19.8. The number of methoxy groups -OCH3 is 1. The van der Waals surface area contributed by atoms with Gasteiger partial charge in [0.15, 0.2) is 6.29 Å². The number of rotatable bonds is 9. The molecule has 5 saturated carbocycles. The zero-order chi connectivity index (χ0) is 33.8. The Morgan fingerprint density at radius 2 is 1.70 bits per heavy atom. The molecule has 2 saturated heterocycles. The standard InChI is InChI=1S/C39H67NO7/c1-24(19-27(44-8)33(42)35(4,5)43)26-20-30(41)37(7)29-10-9-28-34(2,3)31(11-13-38(28)23-39(29,38)15-14-36(26,37)6)47-32-21-40(16-18-46-32)25-12-17-45-22-25/h24-33,41-43H,9-23H2,1-8H3/t24-,25?,26?,27?,28+,29?,30+,31?,32?,33?,36?,37-,38?,39?/m1/s1. The molecule has 8 heteroatoms. The lowest BCUT2D eigenvalue weighted by atomic mass is 9.41. The second-order valence-corrected chi connectivity index (χ2v) is 19.1. The fourth-order valence-corrected chi connectivity index (χ4v) is 13.9. The van der Waals surface area contributed by atoms with E-state index in [9.17, 15) is 15.3 Å². The lowest BCUT2D eigenvalue weighted by molar-refractivity contribution is -0.251. The van der Waals surface area contributed by atoms with Crippen molar-refractivity contribution in [1.82, 2.24) is 4.90 Å². The summed E-state index contributed by atoms with van der Waals surface area (Å²) in [5, 5.41) is 33.6. The predicted octanol–water partition coefficient (Wildman–Crippen LogP) is 5.40. The molecule has 7 rings (SSSR count). The molecule has 0 aromatic rings. The summed E-state index contributed by atoms with van der Waals surface area (Å²) >= 11 is 0. The zero-order valence-corrected chi connectivity index (χ0v) is 30.8. The molecule has 2 heterocycles. The van der Waals surface area contributed by atoms with Crippen LogP contribution in [0.1, 0.15) is 113 Å². The van der Waals surface area contributed by atoms with Crippen molar-refractivity contribution in [2.75, 3.05) is 40.0 Å². The van der Waals surface area contributed by atoms with Crippen LogP contribution in [0.25, 0.3) is 0 Å². The first kappa shape index (κ1) is 35.1. The van der Waals surface area contributed by atoms with Crippen LogP contribution < -0.4 is 0 Å². The van der Waals surface area contributed by atoms with E-state index in [0.29, 0.717) is 41.0 Å². The van der Waals surface area contributed by atoms with Crippen LogP contribution in [-0.4, -0.2) is 103 Å². The normalized spacial score (nSPS) is 49.7. The molecule has 0 bridgehead atoms. The van der Waals surface area contributed by atoms with Crippen molar-refractivity contribution >= 4 is 0 Å². The Kier molecular flexibility index (Phi) is 8.86. The maximum Gasteiger partial charge on any atom is 0.170 e. The number of aliphatic hydroxyl groups excluding tert-OH is 2. The van der Waals surface area contributed by atoms with Gasteiger partial charge in [-0.1, -0.05) is 34.6 Å². The van der Waals surface area contributed by atoms with Crippen LogP contribution in [-0.2, 0) is 18.9 Å². The summed E-state index contributed by atoms with van der Waals surface area (Å²) in [5.41, 5.74) is -0.545. The van der Waals surface area contributed by atoms with Gasteiger partial charge in [-0.15, -0.1) is 0 Å². The Labute approximate surface area is 284 Å². The molecule has 3 N–H and O–H groups in total. The van der Waals surface area contributed by atoms with E-state index in [1.54, 1.807) is 21.0 Å². The quantitative estimate of drug-likeness (QED) is 0.302. The third kappa shape index (κ3) is 5.10. The van der Waals surface area contributed by atoms with Gasteiger partial charge in [-0.3, -0.25) is 4.90 Å². The van der Waals surface area contributed by atoms with Gasteiger partial charge in [-0.05, 0) is 123 Å². The Bertz CT molecular complexity index is 1150. The molecule has 0 amide bonds. The first-order valence-electron chi connectivity index (χ1n) is 19.3. The summed E-state index contributed by atoms with van der Waals surface area (Å²) in [7, 11) is 1.64. The fraction of sp³-hybridized carbons (Fsp3) is 1.00. The Morgan fingerprint density at radius 1 is 0.979 bits per heavy atom. The van der Waals surface area contributed by atoms with E-state index >= 15 is 0 Å². The topological polar surface area (TPSA) is 101 Å². The first-order valence-corrected chi connectivity index (χ1v) is 19.3. The van der Waals surface area contributed by atoms with E-state index in [1.807, 2.05) is 0 Å². The molecule has 7 aliphatic rings. The summed E-state index contributed by atoms with van der Waals surface area (Å²) in [4.78, 5) is 2.53. The van der Waals surface area contributed by atoms with Crippen LogP contribution in [0.2, 0.25) is 0 Å². The van der Waals surface area contributed by atoms with Crippen molar-refractivity contribution in [1.29, 1.82) is 0 Å². The van der Waals surface area contributed by atoms with Gasteiger partial charge in [-0.2, -0.15) is 0 Å². The molecule has 0 aromatic heterocycles. The molecule has 2 spiro atoms. The van der Waals surface area contributed by atoms with Gasteiger partial charge in [-0.25, -0.2) is 0 Å². The highest BCUT2D eigenvalue weighted by atomic mass is 16.7. The van der Waals surface area contributed by atoms with Gasteiger partial charge in [0.2, 0.25) is 0 Å². The molecule has 0 radical (unpaired) electrons. The highest BCUT2D eigenvalue weighted by molar-refractivity contribution is 5.31. The van der Waals surface area contributed by atoms with E-state index in [0.717, 1.165) is 58.6 Å². The SMILES string of the molecule is COC(C[C@@H](C)C1C[C@H](O)[C@@]2(C)C3CC[C@H]4C(C)(C)C(OC5CN(C6CCOC6)CCO5)CCC45CC35CCC12C)C(O)C(C)(C)O. The lowest BCUT2D eigenvalue weighted by Gasteiger charge is -2.64. The van der Waals surface area contributed by atoms with E-state index in [4.69, 9.17) is 18.9 Å². The number of aliphatic hydroxyl groups is 3. The van der Waals surface area contributed by atoms with Gasteiger partial charge in [0.25, 0.3) is 0 Å². The van der Waals surface area contributed by atoms with E-state index in [2.05, 4.69) is 39.5 Å². The monoisotopic (exact) mass is 661 g/mol. The van der Waals surface area contributed by atoms with Crippen molar-refractivity contribution in [2.24, 2.45) is 50.7 Å². The average molecular weight is 662 g/mol. The van der Waals surface area contributed by atoms with Crippen molar-refractivity contribution < 1.29 is 34.3 Å². The Balaban J connectivity index is 1.07. The van der Waals surface area contributed by atoms with E-state index < -0.39 is 17.8 Å². The molecule has 5 aliphatic carbocycles. The Hall–Kier alpha value is -0.320. The number of ether oxygens (including phenoxy) is 4. The third-order valence-electron chi connectivity index (χ3n) is 16.7. The van der Waals surface area contributed by atoms with Crippen LogP contribution >= 0.6 is 0 Å². The highest BCUT2D eigenvalue weighted by Gasteiger charge is 2.83. The van der Waals surface area contributed by atoms with Crippen molar-refractivity contribution in [3.8, 4) is 0 Å². The maximum atomic E-state index is 12.1. The minimum atomic E-state index is -1.23. The van der Waals surface area contributed by atoms with Crippen LogP contribution in [0.3, 0.4) is 0 Å². The summed E-state index contributed by atoms with van der Waals surface area (Å²) < 4.78 is 24.6. The predicted molar refractivity (Wildman–Crippen MR) is 181 cm³/mol. The second-order valence-electron chi connectivity index (χ2n) is 19.1. The second kappa shape index (κ2) is 11.9. The maximum absolute atomic E-state index is 12.1. The van der Waals surface area contributed by atoms with Gasteiger partial charge < -0.3 is 34.3 Å². The molecule has 47 heavy (non-hydrogen) atoms. The lowest BCUT2D eigenvalue weighted by Crippen LogP contribution is -2.60. The molecule has 270 valence electrons. The van der Waals surface area contributed by atoms with Gasteiger partial charge in [0, 0.05) is 38.3 Å². The van der Waals surface area contributed by atoms with E-state index in [-0.39, 0.29) is 40.7 Å². The molecular formula is C39H67NO7. The highest BCUT2D eigenvalue weighted by Crippen LogP contribution is 2.89. The Morgan fingerprint density at radius 3 is 2.38 bits per heavy atom. The van der Waals surface area contributed by atoms with Crippen LogP contribution in [0.5, 0.6) is 0 Å². The zero-order valence-electron chi connectivity index (χ0n) is 30.8. The number of nitrogens with zero attached hydrogens (tertiary/aromatic N) is 1. The van der Waals surface area contributed by atoms with Gasteiger partial charge >= 0.3 is 0 Å². The molecule has 10 unspecified atom stereocenters. The molecular weight excluding hydrogens is 594 g/mol. The number of morpholine rings is 1. The molecule has 0 aromatic carbocycles. The summed E-state index contributed by atoms with van der Waals surface area (Å²) in [6.07, 6.45) is 9.45. The van der Waals surface area contributed by atoms with Crippen LogP contribution in [0, 0.1) is 50.7 Å². The van der Waals surface area contributed by atoms with Crippen LogP contribution in [0.15, 0.2) is 0 Å². The third-order valence-corrected chi connectivity index (χ3v) is 16.7. The van der Waals surface area contributed by atoms with Crippen LogP contribution in [0.4, 0.5) is 0 Å². The largest absolute Gasteiger partial charge is 0.393 e. The smallest absolute Gasteiger partial charge is 0.170 e. The van der Waals surface area contributed by atoms with Crippen molar-refractivity contribution in [2.45, 2.75) is 155 Å². The van der Waals surface area contributed by atoms with E-state index in [1.165, 1.54) is 32.1 Å². The molecule has 8 nitrogen and oxygen atoms in total. The minimum absolute atomic E-state index is 0.0285. The minimum Gasteiger partial charge on any atom is -0.393 e. The summed E-state index contributed by atoms with van der Waals surface area (Å²) in [5.74, 6) is 1.79. The first-order chi connectivity index (χ1) is 22.0. The molecule has 7 fully saturated rings. The van der Waals surface area contributed by atoms with Crippen molar-refractivity contribution in [3.05, 3.63) is 0 Å². The van der Waals surface area contributed by atoms with Crippen molar-refractivity contribution in [3.63, 3.8) is 0 Å². The van der Waals surface area contributed by atoms with Gasteiger partial charge in [0.1, 0.15) is 6.10 Å².